The number of halogens is 1. The number of carbonyl (C=O) groups excluding carboxylic acids is 1. The van der Waals surface area contributed by atoms with Gasteiger partial charge in [0.05, 0.1) is 27.2 Å². The van der Waals surface area contributed by atoms with Crippen molar-refractivity contribution in [3.63, 3.8) is 0 Å². The lowest BCUT2D eigenvalue weighted by molar-refractivity contribution is -0.141. The highest BCUT2D eigenvalue weighted by molar-refractivity contribution is 5.85. The Hall–Kier alpha value is -1.46. The topological polar surface area (TPSA) is 70.8 Å². The second kappa shape index (κ2) is 8.61. The number of rotatable bonds is 6. The fourth-order valence-electron chi connectivity index (χ4n) is 1.57. The highest BCUT2D eigenvalue weighted by Gasteiger charge is 2.14. The minimum absolute atomic E-state index is 0. The van der Waals surface area contributed by atoms with E-state index in [9.17, 15) is 4.79 Å². The molecule has 6 heteroatoms. The summed E-state index contributed by atoms with van der Waals surface area (Å²) in [4.78, 5) is 11.2. The van der Waals surface area contributed by atoms with E-state index in [-0.39, 0.29) is 24.8 Å². The first-order chi connectivity index (χ1) is 8.62. The zero-order valence-electron chi connectivity index (χ0n) is 11.3. The van der Waals surface area contributed by atoms with E-state index in [0.717, 1.165) is 5.56 Å². The molecule has 19 heavy (non-hydrogen) atoms. The van der Waals surface area contributed by atoms with Crippen LogP contribution in [0.2, 0.25) is 0 Å². The van der Waals surface area contributed by atoms with Gasteiger partial charge in [0.15, 0.2) is 11.5 Å². The summed E-state index contributed by atoms with van der Waals surface area (Å²) in [5.74, 6) is 0.930. The molecule has 0 saturated heterocycles. The number of esters is 1. The Balaban J connectivity index is 0.00000324. The third-order valence-electron chi connectivity index (χ3n) is 2.53. The first kappa shape index (κ1) is 17.5. The normalized spacial score (nSPS) is 11.2. The Labute approximate surface area is 119 Å². The second-order valence-corrected chi connectivity index (χ2v) is 3.73. The lowest BCUT2D eigenvalue weighted by Gasteiger charge is -2.14. The summed E-state index contributed by atoms with van der Waals surface area (Å²) in [7, 11) is 2.90. The van der Waals surface area contributed by atoms with Crippen molar-refractivity contribution in [2.24, 2.45) is 5.73 Å². The summed E-state index contributed by atoms with van der Waals surface area (Å²) in [6, 6.07) is 4.97. The van der Waals surface area contributed by atoms with E-state index in [4.69, 9.17) is 15.2 Å². The molecule has 0 heterocycles. The Kier molecular flexibility index (Phi) is 7.95. The van der Waals surface area contributed by atoms with Crippen LogP contribution in [0.1, 0.15) is 24.9 Å². The first-order valence-corrected chi connectivity index (χ1v) is 5.75. The van der Waals surface area contributed by atoms with Gasteiger partial charge in [-0.25, -0.2) is 0 Å². The molecule has 1 aromatic rings. The third-order valence-corrected chi connectivity index (χ3v) is 2.53. The van der Waals surface area contributed by atoms with Gasteiger partial charge in [-0.1, -0.05) is 6.07 Å². The van der Waals surface area contributed by atoms with Gasteiger partial charge in [-0.05, 0) is 24.6 Å². The predicted molar refractivity (Wildman–Crippen MR) is 75.0 cm³/mol. The van der Waals surface area contributed by atoms with Gasteiger partial charge >= 0.3 is 5.97 Å². The van der Waals surface area contributed by atoms with E-state index in [1.807, 2.05) is 13.0 Å². The van der Waals surface area contributed by atoms with Crippen molar-refractivity contribution >= 4 is 18.4 Å². The van der Waals surface area contributed by atoms with E-state index in [2.05, 4.69) is 4.74 Å². The van der Waals surface area contributed by atoms with Crippen LogP contribution >= 0.6 is 12.4 Å². The molecule has 0 radical (unpaired) electrons. The molecular weight excluding hydrogens is 270 g/mol. The van der Waals surface area contributed by atoms with Crippen LogP contribution in [0.3, 0.4) is 0 Å². The van der Waals surface area contributed by atoms with Crippen LogP contribution in [0.15, 0.2) is 18.2 Å². The van der Waals surface area contributed by atoms with Crippen LogP contribution in [0.4, 0.5) is 0 Å². The summed E-state index contributed by atoms with van der Waals surface area (Å²) in [5.41, 5.74) is 6.73. The number of benzene rings is 1. The smallest absolute Gasteiger partial charge is 0.307 e. The molecular formula is C13H20ClNO4. The summed E-state index contributed by atoms with van der Waals surface area (Å²) in [6.45, 7) is 2.46. The molecule has 5 nitrogen and oxygen atoms in total. The van der Waals surface area contributed by atoms with Gasteiger partial charge < -0.3 is 19.9 Å². The maximum Gasteiger partial charge on any atom is 0.307 e. The summed E-state index contributed by atoms with van der Waals surface area (Å²) in [5, 5.41) is 0. The Morgan fingerprint density at radius 3 is 2.53 bits per heavy atom. The number of ether oxygens (including phenoxy) is 3. The van der Waals surface area contributed by atoms with Gasteiger partial charge in [-0.15, -0.1) is 12.4 Å². The lowest BCUT2D eigenvalue weighted by atomic mass is 10.0. The molecule has 0 aliphatic rings. The van der Waals surface area contributed by atoms with Crippen LogP contribution in [0.25, 0.3) is 0 Å². The largest absolute Gasteiger partial charge is 0.493 e. The fraction of sp³-hybridized carbons (Fsp3) is 0.462. The summed E-state index contributed by atoms with van der Waals surface area (Å²) >= 11 is 0. The van der Waals surface area contributed by atoms with Gasteiger partial charge in [-0.3, -0.25) is 4.79 Å². The SMILES string of the molecule is CCOc1ccc([C@@H](N)CC(=O)OC)cc1OC.Cl. The van der Waals surface area contributed by atoms with Crippen LogP contribution in [0, 0.1) is 0 Å². The number of methoxy groups -OCH3 is 2. The van der Waals surface area contributed by atoms with E-state index in [0.29, 0.717) is 18.1 Å². The molecule has 108 valence electrons. The number of hydrogen-bond acceptors (Lipinski definition) is 5. The first-order valence-electron chi connectivity index (χ1n) is 5.75. The summed E-state index contributed by atoms with van der Waals surface area (Å²) < 4.78 is 15.2. The molecule has 0 aromatic heterocycles. The van der Waals surface area contributed by atoms with Gasteiger partial charge in [0.25, 0.3) is 0 Å². The van der Waals surface area contributed by atoms with E-state index in [1.165, 1.54) is 7.11 Å². The number of hydrogen-bond donors (Lipinski definition) is 1. The molecule has 0 aliphatic carbocycles. The molecule has 0 aliphatic heterocycles. The van der Waals surface area contributed by atoms with Crippen molar-refractivity contribution in [1.82, 2.24) is 0 Å². The third kappa shape index (κ3) is 4.96. The van der Waals surface area contributed by atoms with Crippen LogP contribution in [0.5, 0.6) is 11.5 Å². The van der Waals surface area contributed by atoms with E-state index >= 15 is 0 Å². The molecule has 1 atom stereocenters. The highest BCUT2D eigenvalue weighted by atomic mass is 35.5. The van der Waals surface area contributed by atoms with Crippen molar-refractivity contribution in [3.05, 3.63) is 23.8 Å². The maximum atomic E-state index is 11.2. The minimum Gasteiger partial charge on any atom is -0.493 e. The standard InChI is InChI=1S/C13H19NO4.ClH/c1-4-18-11-6-5-9(7-12(11)16-2)10(14)8-13(15)17-3;/h5-7,10H,4,8,14H2,1-3H3;1H/t10-;/m0./s1. The monoisotopic (exact) mass is 289 g/mol. The van der Waals surface area contributed by atoms with Crippen molar-refractivity contribution in [2.75, 3.05) is 20.8 Å². The maximum absolute atomic E-state index is 11.2. The molecule has 0 fully saturated rings. The second-order valence-electron chi connectivity index (χ2n) is 3.73. The number of carbonyl (C=O) groups is 1. The Morgan fingerprint density at radius 2 is 2.00 bits per heavy atom. The molecule has 1 rings (SSSR count). The number of nitrogens with two attached hydrogens (primary N) is 1. The van der Waals surface area contributed by atoms with Crippen molar-refractivity contribution in [1.29, 1.82) is 0 Å². The molecule has 2 N–H and O–H groups in total. The molecule has 0 amide bonds. The van der Waals surface area contributed by atoms with E-state index < -0.39 is 6.04 Å². The van der Waals surface area contributed by atoms with Gasteiger partial charge in [0.1, 0.15) is 0 Å². The predicted octanol–water partition coefficient (Wildman–Crippen LogP) is 2.08. The molecule has 1 aromatic carbocycles. The van der Waals surface area contributed by atoms with Gasteiger partial charge in [-0.2, -0.15) is 0 Å². The highest BCUT2D eigenvalue weighted by Crippen LogP contribution is 2.30. The Morgan fingerprint density at radius 1 is 1.32 bits per heavy atom. The molecule has 0 spiro atoms. The summed E-state index contributed by atoms with van der Waals surface area (Å²) in [6.07, 6.45) is 0.133. The van der Waals surface area contributed by atoms with E-state index in [1.54, 1.807) is 19.2 Å². The fourth-order valence-corrected chi connectivity index (χ4v) is 1.57. The van der Waals surface area contributed by atoms with Crippen LogP contribution in [-0.4, -0.2) is 26.8 Å². The quantitative estimate of drug-likeness (QED) is 0.812. The van der Waals surface area contributed by atoms with Gasteiger partial charge in [0.2, 0.25) is 0 Å². The van der Waals surface area contributed by atoms with Crippen LogP contribution in [-0.2, 0) is 9.53 Å². The van der Waals surface area contributed by atoms with Gasteiger partial charge in [0, 0.05) is 6.04 Å². The molecule has 0 saturated carbocycles. The molecule has 0 unspecified atom stereocenters. The zero-order valence-corrected chi connectivity index (χ0v) is 12.2. The van der Waals surface area contributed by atoms with Crippen molar-refractivity contribution in [2.45, 2.75) is 19.4 Å². The zero-order chi connectivity index (χ0) is 13.5. The lowest BCUT2D eigenvalue weighted by Crippen LogP contribution is -2.16. The average Bonchev–Trinajstić information content (AvgIpc) is 2.39. The van der Waals surface area contributed by atoms with Crippen LogP contribution < -0.4 is 15.2 Å². The van der Waals surface area contributed by atoms with Crippen molar-refractivity contribution < 1.29 is 19.0 Å². The van der Waals surface area contributed by atoms with Crippen molar-refractivity contribution in [3.8, 4) is 11.5 Å². The molecule has 0 bridgehead atoms. The minimum atomic E-state index is -0.415. The average molecular weight is 290 g/mol. The Bertz CT molecular complexity index is 412.